The SMILES string of the molecule is COCCN(CCOC)C(=O)c1cnccc1Cl. The second-order valence-electron chi connectivity index (χ2n) is 3.63. The maximum atomic E-state index is 12.3. The maximum Gasteiger partial charge on any atom is 0.257 e. The van der Waals surface area contributed by atoms with Crippen LogP contribution in [-0.2, 0) is 9.47 Å². The van der Waals surface area contributed by atoms with E-state index in [2.05, 4.69) is 4.98 Å². The van der Waals surface area contributed by atoms with Gasteiger partial charge in [-0.05, 0) is 6.07 Å². The first-order valence-electron chi connectivity index (χ1n) is 5.57. The number of amides is 1. The summed E-state index contributed by atoms with van der Waals surface area (Å²) in [5.41, 5.74) is 0.395. The van der Waals surface area contributed by atoms with E-state index in [9.17, 15) is 4.79 Å². The Morgan fingerprint density at radius 1 is 1.33 bits per heavy atom. The van der Waals surface area contributed by atoms with Crippen molar-refractivity contribution in [2.75, 3.05) is 40.5 Å². The molecule has 0 saturated heterocycles. The number of carbonyl (C=O) groups is 1. The number of nitrogens with zero attached hydrogens (tertiary/aromatic N) is 2. The molecule has 0 aliphatic rings. The average molecular weight is 273 g/mol. The zero-order valence-corrected chi connectivity index (χ0v) is 11.3. The van der Waals surface area contributed by atoms with Crippen LogP contribution in [0.25, 0.3) is 0 Å². The van der Waals surface area contributed by atoms with Crippen LogP contribution in [0.2, 0.25) is 5.02 Å². The summed E-state index contributed by atoms with van der Waals surface area (Å²) < 4.78 is 9.97. The minimum atomic E-state index is -0.165. The van der Waals surface area contributed by atoms with Crippen molar-refractivity contribution in [2.24, 2.45) is 0 Å². The summed E-state index contributed by atoms with van der Waals surface area (Å²) in [5, 5.41) is 0.398. The normalized spacial score (nSPS) is 10.4. The van der Waals surface area contributed by atoms with E-state index in [1.54, 1.807) is 31.4 Å². The number of ether oxygens (including phenoxy) is 2. The molecule has 1 rings (SSSR count). The van der Waals surface area contributed by atoms with Gasteiger partial charge >= 0.3 is 0 Å². The lowest BCUT2D eigenvalue weighted by molar-refractivity contribution is 0.0627. The molecule has 5 nitrogen and oxygen atoms in total. The number of hydrogen-bond acceptors (Lipinski definition) is 4. The Kier molecular flexibility index (Phi) is 6.64. The largest absolute Gasteiger partial charge is 0.383 e. The van der Waals surface area contributed by atoms with Gasteiger partial charge in [0.05, 0.1) is 23.8 Å². The second-order valence-corrected chi connectivity index (χ2v) is 4.04. The number of methoxy groups -OCH3 is 2. The number of carbonyl (C=O) groups excluding carboxylic acids is 1. The van der Waals surface area contributed by atoms with Gasteiger partial charge in [0.1, 0.15) is 0 Å². The van der Waals surface area contributed by atoms with Crippen LogP contribution in [0.5, 0.6) is 0 Å². The van der Waals surface area contributed by atoms with Crippen LogP contribution in [0.3, 0.4) is 0 Å². The van der Waals surface area contributed by atoms with E-state index in [0.29, 0.717) is 36.9 Å². The molecular formula is C12H17ClN2O3. The summed E-state index contributed by atoms with van der Waals surface area (Å²) in [6.45, 7) is 1.91. The summed E-state index contributed by atoms with van der Waals surface area (Å²) in [6, 6.07) is 1.60. The predicted molar refractivity (Wildman–Crippen MR) is 68.9 cm³/mol. The van der Waals surface area contributed by atoms with E-state index >= 15 is 0 Å². The van der Waals surface area contributed by atoms with Gasteiger partial charge in [0.25, 0.3) is 5.91 Å². The van der Waals surface area contributed by atoms with Gasteiger partial charge in [0.2, 0.25) is 0 Å². The zero-order chi connectivity index (χ0) is 13.4. The minimum Gasteiger partial charge on any atom is -0.383 e. The Balaban J connectivity index is 2.77. The summed E-state index contributed by atoms with van der Waals surface area (Å²) in [7, 11) is 3.19. The van der Waals surface area contributed by atoms with Crippen LogP contribution in [0.15, 0.2) is 18.5 Å². The van der Waals surface area contributed by atoms with Crippen LogP contribution in [-0.4, -0.2) is 56.3 Å². The minimum absolute atomic E-state index is 0.165. The van der Waals surface area contributed by atoms with Crippen molar-refractivity contribution in [2.45, 2.75) is 0 Å². The molecular weight excluding hydrogens is 256 g/mol. The van der Waals surface area contributed by atoms with Crippen LogP contribution in [0.1, 0.15) is 10.4 Å². The molecule has 1 aromatic rings. The van der Waals surface area contributed by atoms with Crippen molar-refractivity contribution in [1.82, 2.24) is 9.88 Å². The molecule has 0 atom stereocenters. The number of halogens is 1. The molecule has 0 fully saturated rings. The molecule has 0 radical (unpaired) electrons. The highest BCUT2D eigenvalue weighted by Gasteiger charge is 2.18. The lowest BCUT2D eigenvalue weighted by Crippen LogP contribution is -2.36. The predicted octanol–water partition coefficient (Wildman–Crippen LogP) is 1.47. The summed E-state index contributed by atoms with van der Waals surface area (Å²) in [5.74, 6) is -0.165. The van der Waals surface area contributed by atoms with E-state index in [-0.39, 0.29) is 5.91 Å². The molecule has 0 unspecified atom stereocenters. The fraction of sp³-hybridized carbons (Fsp3) is 0.500. The fourth-order valence-corrected chi connectivity index (χ4v) is 1.61. The summed E-state index contributed by atoms with van der Waals surface area (Å²) >= 11 is 5.98. The van der Waals surface area contributed by atoms with Crippen molar-refractivity contribution >= 4 is 17.5 Å². The van der Waals surface area contributed by atoms with Crippen LogP contribution >= 0.6 is 11.6 Å². The van der Waals surface area contributed by atoms with Crippen molar-refractivity contribution in [1.29, 1.82) is 0 Å². The highest BCUT2D eigenvalue weighted by molar-refractivity contribution is 6.33. The van der Waals surface area contributed by atoms with Gasteiger partial charge in [0, 0.05) is 39.7 Å². The molecule has 0 aliphatic heterocycles. The van der Waals surface area contributed by atoms with Crippen molar-refractivity contribution < 1.29 is 14.3 Å². The van der Waals surface area contributed by atoms with Gasteiger partial charge in [0.15, 0.2) is 0 Å². The van der Waals surface area contributed by atoms with Gasteiger partial charge in [-0.3, -0.25) is 9.78 Å². The molecule has 18 heavy (non-hydrogen) atoms. The van der Waals surface area contributed by atoms with E-state index in [4.69, 9.17) is 21.1 Å². The van der Waals surface area contributed by atoms with Gasteiger partial charge in [-0.15, -0.1) is 0 Å². The standard InChI is InChI=1S/C12H17ClN2O3/c1-17-7-5-15(6-8-18-2)12(16)10-9-14-4-3-11(10)13/h3-4,9H,5-8H2,1-2H3. The lowest BCUT2D eigenvalue weighted by atomic mass is 10.2. The molecule has 0 N–H and O–H groups in total. The third-order valence-electron chi connectivity index (χ3n) is 2.42. The van der Waals surface area contributed by atoms with E-state index in [1.165, 1.54) is 6.20 Å². The lowest BCUT2D eigenvalue weighted by Gasteiger charge is -2.22. The second kappa shape index (κ2) is 8.02. The molecule has 1 heterocycles. The monoisotopic (exact) mass is 272 g/mol. The third-order valence-corrected chi connectivity index (χ3v) is 2.75. The van der Waals surface area contributed by atoms with Crippen molar-refractivity contribution in [3.05, 3.63) is 29.0 Å². The van der Waals surface area contributed by atoms with Crippen molar-refractivity contribution in [3.63, 3.8) is 0 Å². The quantitative estimate of drug-likeness (QED) is 0.754. The van der Waals surface area contributed by atoms with Gasteiger partial charge in [-0.2, -0.15) is 0 Å². The molecule has 0 aromatic carbocycles. The highest BCUT2D eigenvalue weighted by Crippen LogP contribution is 2.15. The van der Waals surface area contributed by atoms with Crippen molar-refractivity contribution in [3.8, 4) is 0 Å². The maximum absolute atomic E-state index is 12.3. The van der Waals surface area contributed by atoms with Gasteiger partial charge in [-0.25, -0.2) is 0 Å². The van der Waals surface area contributed by atoms with Gasteiger partial charge in [-0.1, -0.05) is 11.6 Å². The van der Waals surface area contributed by atoms with E-state index in [1.807, 2.05) is 0 Å². The number of rotatable bonds is 7. The van der Waals surface area contributed by atoms with Gasteiger partial charge < -0.3 is 14.4 Å². The first-order valence-corrected chi connectivity index (χ1v) is 5.95. The molecule has 6 heteroatoms. The molecule has 0 aliphatic carbocycles. The van der Waals surface area contributed by atoms with Crippen LogP contribution in [0, 0.1) is 0 Å². The molecule has 0 saturated carbocycles. The summed E-state index contributed by atoms with van der Waals surface area (Å²) in [4.78, 5) is 17.8. The van der Waals surface area contributed by atoms with Crippen LogP contribution in [0.4, 0.5) is 0 Å². The molecule has 0 spiro atoms. The Morgan fingerprint density at radius 3 is 2.44 bits per heavy atom. The third kappa shape index (κ3) is 4.25. The van der Waals surface area contributed by atoms with E-state index < -0.39 is 0 Å². The Bertz CT molecular complexity index is 379. The average Bonchev–Trinajstić information content (AvgIpc) is 2.39. The first kappa shape index (κ1) is 14.9. The molecule has 100 valence electrons. The molecule has 0 bridgehead atoms. The van der Waals surface area contributed by atoms with Crippen LogP contribution < -0.4 is 0 Å². The smallest absolute Gasteiger partial charge is 0.257 e. The number of pyridine rings is 1. The van der Waals surface area contributed by atoms with E-state index in [0.717, 1.165) is 0 Å². The zero-order valence-electron chi connectivity index (χ0n) is 10.6. The Morgan fingerprint density at radius 2 is 1.94 bits per heavy atom. The molecule has 1 aromatic heterocycles. The Hall–Kier alpha value is -1.17. The number of hydrogen-bond donors (Lipinski definition) is 0. The molecule has 1 amide bonds. The number of aromatic nitrogens is 1. The fourth-order valence-electron chi connectivity index (χ4n) is 1.42. The summed E-state index contributed by atoms with van der Waals surface area (Å²) in [6.07, 6.45) is 3.02. The topological polar surface area (TPSA) is 51.7 Å². The highest BCUT2D eigenvalue weighted by atomic mass is 35.5. The first-order chi connectivity index (χ1) is 8.70. The Labute approximate surface area is 112 Å².